The summed E-state index contributed by atoms with van der Waals surface area (Å²) in [5.74, 6) is 0.660. The average molecular weight is 249 g/mol. The molecule has 16 heavy (non-hydrogen) atoms. The van der Waals surface area contributed by atoms with E-state index in [0.29, 0.717) is 30.2 Å². The van der Waals surface area contributed by atoms with Gasteiger partial charge in [0.2, 0.25) is 0 Å². The monoisotopic (exact) mass is 249 g/mol. The summed E-state index contributed by atoms with van der Waals surface area (Å²) >= 11 is 0. The van der Waals surface area contributed by atoms with Crippen LogP contribution >= 0.6 is 0 Å². The first-order chi connectivity index (χ1) is 7.57. The van der Waals surface area contributed by atoms with Gasteiger partial charge in [0.15, 0.2) is 0 Å². The van der Waals surface area contributed by atoms with Gasteiger partial charge in [-0.25, -0.2) is 8.42 Å². The molecule has 0 aliphatic carbocycles. The lowest BCUT2D eigenvalue weighted by Crippen LogP contribution is -2.44. The molecule has 5 heteroatoms. The molecule has 1 fully saturated rings. The molecule has 0 aromatic heterocycles. The number of methoxy groups -OCH3 is 1. The fourth-order valence-electron chi connectivity index (χ4n) is 2.15. The minimum atomic E-state index is -2.75. The Bertz CT molecular complexity index is 270. The third-order valence-electron chi connectivity index (χ3n) is 3.03. The molecule has 0 saturated carbocycles. The molecule has 0 aromatic carbocycles. The van der Waals surface area contributed by atoms with Crippen molar-refractivity contribution >= 4 is 9.84 Å². The van der Waals surface area contributed by atoms with Crippen LogP contribution in [0, 0.1) is 0 Å². The molecule has 0 radical (unpaired) electrons. The molecular weight excluding hydrogens is 226 g/mol. The molecule has 0 aromatic rings. The molecule has 1 aliphatic heterocycles. The lowest BCUT2D eigenvalue weighted by molar-refractivity contribution is 0.154. The van der Waals surface area contributed by atoms with Crippen LogP contribution in [0.5, 0.6) is 0 Å². The minimum Gasteiger partial charge on any atom is -0.383 e. The van der Waals surface area contributed by atoms with Crippen molar-refractivity contribution in [2.24, 2.45) is 0 Å². The van der Waals surface area contributed by atoms with Crippen molar-refractivity contribution in [3.05, 3.63) is 0 Å². The largest absolute Gasteiger partial charge is 0.383 e. The van der Waals surface area contributed by atoms with Gasteiger partial charge in [-0.1, -0.05) is 13.3 Å². The van der Waals surface area contributed by atoms with Gasteiger partial charge in [0.1, 0.15) is 9.84 Å². The number of hydrogen-bond acceptors (Lipinski definition) is 4. The highest BCUT2D eigenvalue weighted by Crippen LogP contribution is 2.13. The van der Waals surface area contributed by atoms with Gasteiger partial charge in [-0.3, -0.25) is 0 Å². The summed E-state index contributed by atoms with van der Waals surface area (Å²) in [6, 6.07) is 0.705. The first-order valence-electron chi connectivity index (χ1n) is 6.03. The second-order valence-electron chi connectivity index (χ2n) is 4.53. The van der Waals surface area contributed by atoms with Crippen molar-refractivity contribution in [3.8, 4) is 0 Å². The maximum absolute atomic E-state index is 11.3. The van der Waals surface area contributed by atoms with Crippen molar-refractivity contribution in [3.63, 3.8) is 0 Å². The van der Waals surface area contributed by atoms with E-state index in [1.807, 2.05) is 0 Å². The summed E-state index contributed by atoms with van der Waals surface area (Å²) in [5.41, 5.74) is 0. The Hall–Kier alpha value is -0.130. The van der Waals surface area contributed by atoms with E-state index in [0.717, 1.165) is 25.7 Å². The summed E-state index contributed by atoms with van der Waals surface area (Å²) in [7, 11) is -1.04. The first-order valence-corrected chi connectivity index (χ1v) is 7.85. The Morgan fingerprint density at radius 3 is 2.50 bits per heavy atom. The van der Waals surface area contributed by atoms with Gasteiger partial charge in [0.25, 0.3) is 0 Å². The summed E-state index contributed by atoms with van der Waals surface area (Å²) < 4.78 is 27.7. The Labute approximate surface area is 98.7 Å². The maximum atomic E-state index is 11.3. The highest BCUT2D eigenvalue weighted by Gasteiger charge is 2.24. The SMILES string of the molecule is CCCC(COC)NC1CCS(=O)(=O)CC1. The number of hydrogen-bond donors (Lipinski definition) is 1. The van der Waals surface area contributed by atoms with Crippen LogP contribution in [0.3, 0.4) is 0 Å². The molecule has 1 heterocycles. The quantitative estimate of drug-likeness (QED) is 0.762. The molecule has 1 N–H and O–H groups in total. The van der Waals surface area contributed by atoms with Crippen LogP contribution in [0.1, 0.15) is 32.6 Å². The van der Waals surface area contributed by atoms with Gasteiger partial charge >= 0.3 is 0 Å². The van der Waals surface area contributed by atoms with Gasteiger partial charge in [0, 0.05) is 19.2 Å². The first kappa shape index (κ1) is 13.9. The molecule has 1 unspecified atom stereocenters. The molecule has 0 amide bonds. The lowest BCUT2D eigenvalue weighted by Gasteiger charge is -2.28. The van der Waals surface area contributed by atoms with Gasteiger partial charge < -0.3 is 10.1 Å². The van der Waals surface area contributed by atoms with Crippen LogP contribution in [0.4, 0.5) is 0 Å². The van der Waals surface area contributed by atoms with E-state index in [9.17, 15) is 8.42 Å². The maximum Gasteiger partial charge on any atom is 0.150 e. The number of rotatable bonds is 6. The minimum absolute atomic E-state index is 0.330. The molecule has 96 valence electrons. The van der Waals surface area contributed by atoms with Crippen molar-refractivity contribution in [1.82, 2.24) is 5.32 Å². The van der Waals surface area contributed by atoms with E-state index in [1.165, 1.54) is 0 Å². The Morgan fingerprint density at radius 2 is 2.00 bits per heavy atom. The van der Waals surface area contributed by atoms with Crippen molar-refractivity contribution in [2.45, 2.75) is 44.7 Å². The normalized spacial score (nSPS) is 23.1. The second-order valence-corrected chi connectivity index (χ2v) is 6.84. The molecule has 4 nitrogen and oxygen atoms in total. The molecule has 0 spiro atoms. The van der Waals surface area contributed by atoms with E-state index in [2.05, 4.69) is 12.2 Å². The van der Waals surface area contributed by atoms with Crippen LogP contribution in [0.25, 0.3) is 0 Å². The zero-order valence-corrected chi connectivity index (χ0v) is 11.1. The smallest absolute Gasteiger partial charge is 0.150 e. The average Bonchev–Trinajstić information content (AvgIpc) is 2.22. The molecule has 1 aliphatic rings. The standard InChI is InChI=1S/C11H23NO3S/c1-3-4-11(9-15-2)12-10-5-7-16(13,14)8-6-10/h10-12H,3-9H2,1-2H3. The zero-order valence-electron chi connectivity index (χ0n) is 10.2. The second kappa shape index (κ2) is 6.57. The van der Waals surface area contributed by atoms with E-state index < -0.39 is 9.84 Å². The predicted molar refractivity (Wildman–Crippen MR) is 65.4 cm³/mol. The zero-order chi connectivity index (χ0) is 12.0. The lowest BCUT2D eigenvalue weighted by atomic mass is 10.1. The van der Waals surface area contributed by atoms with E-state index in [1.54, 1.807) is 7.11 Å². The molecule has 0 bridgehead atoms. The van der Waals surface area contributed by atoms with Crippen LogP contribution in [-0.4, -0.2) is 45.7 Å². The summed E-state index contributed by atoms with van der Waals surface area (Å²) in [6.45, 7) is 2.85. The number of ether oxygens (including phenoxy) is 1. The molecular formula is C11H23NO3S. The van der Waals surface area contributed by atoms with Crippen molar-refractivity contribution < 1.29 is 13.2 Å². The Balaban J connectivity index is 2.35. The fourth-order valence-corrected chi connectivity index (χ4v) is 3.65. The van der Waals surface area contributed by atoms with E-state index >= 15 is 0 Å². The number of sulfone groups is 1. The molecule has 1 atom stereocenters. The highest BCUT2D eigenvalue weighted by atomic mass is 32.2. The summed E-state index contributed by atoms with van der Waals surface area (Å²) in [5, 5.41) is 3.51. The fraction of sp³-hybridized carbons (Fsp3) is 1.00. The topological polar surface area (TPSA) is 55.4 Å². The number of nitrogens with one attached hydrogen (secondary N) is 1. The van der Waals surface area contributed by atoms with Crippen LogP contribution in [-0.2, 0) is 14.6 Å². The third-order valence-corrected chi connectivity index (χ3v) is 4.75. The Kier molecular flexibility index (Phi) is 5.72. The van der Waals surface area contributed by atoms with E-state index in [4.69, 9.17) is 4.74 Å². The van der Waals surface area contributed by atoms with Crippen LogP contribution < -0.4 is 5.32 Å². The third kappa shape index (κ3) is 4.80. The molecule has 1 rings (SSSR count). The van der Waals surface area contributed by atoms with Crippen LogP contribution in [0.15, 0.2) is 0 Å². The summed E-state index contributed by atoms with van der Waals surface area (Å²) in [6.07, 6.45) is 3.68. The van der Waals surface area contributed by atoms with Gasteiger partial charge in [-0.2, -0.15) is 0 Å². The Morgan fingerprint density at radius 1 is 1.38 bits per heavy atom. The highest BCUT2D eigenvalue weighted by molar-refractivity contribution is 7.91. The predicted octanol–water partition coefficient (Wildman–Crippen LogP) is 0.968. The van der Waals surface area contributed by atoms with Crippen molar-refractivity contribution in [1.29, 1.82) is 0 Å². The van der Waals surface area contributed by atoms with Gasteiger partial charge in [-0.15, -0.1) is 0 Å². The molecule has 1 saturated heterocycles. The van der Waals surface area contributed by atoms with Gasteiger partial charge in [-0.05, 0) is 19.3 Å². The van der Waals surface area contributed by atoms with Crippen LogP contribution in [0.2, 0.25) is 0 Å². The van der Waals surface area contributed by atoms with Gasteiger partial charge in [0.05, 0.1) is 18.1 Å². The van der Waals surface area contributed by atoms with Crippen molar-refractivity contribution in [2.75, 3.05) is 25.2 Å². The van der Waals surface area contributed by atoms with E-state index in [-0.39, 0.29) is 0 Å². The summed E-state index contributed by atoms with van der Waals surface area (Å²) in [4.78, 5) is 0.